The lowest BCUT2D eigenvalue weighted by atomic mass is 10.0. The molecule has 3 nitrogen and oxygen atoms in total. The molecule has 94 valence electrons. The van der Waals surface area contributed by atoms with Crippen molar-refractivity contribution < 1.29 is 4.79 Å². The predicted molar refractivity (Wildman–Crippen MR) is 67.5 cm³/mol. The van der Waals surface area contributed by atoms with Crippen molar-refractivity contribution in [2.75, 3.05) is 7.05 Å². The minimum absolute atomic E-state index is 0.0973. The van der Waals surface area contributed by atoms with E-state index in [1.165, 1.54) is 12.8 Å². The first-order valence-corrected chi connectivity index (χ1v) is 6.54. The highest BCUT2D eigenvalue weighted by molar-refractivity contribution is 5.74. The van der Waals surface area contributed by atoms with Crippen molar-refractivity contribution in [1.29, 1.82) is 0 Å². The van der Waals surface area contributed by atoms with Gasteiger partial charge in [-0.1, -0.05) is 26.7 Å². The van der Waals surface area contributed by atoms with Crippen LogP contribution in [-0.4, -0.2) is 30.1 Å². The van der Waals surface area contributed by atoms with E-state index in [0.29, 0.717) is 18.0 Å². The van der Waals surface area contributed by atoms with Gasteiger partial charge in [-0.15, -0.1) is 0 Å². The fraction of sp³-hybridized carbons (Fsp3) is 0.923. The van der Waals surface area contributed by atoms with Crippen molar-refractivity contribution in [2.45, 2.75) is 65.0 Å². The second-order valence-electron chi connectivity index (χ2n) is 5.52. The highest BCUT2D eigenvalue weighted by Crippen LogP contribution is 2.18. The number of amides is 2. The fourth-order valence-corrected chi connectivity index (χ4v) is 2.39. The molecule has 1 atom stereocenters. The third-order valence-electron chi connectivity index (χ3n) is 3.48. The molecular weight excluding hydrogens is 200 g/mol. The number of rotatable bonds is 4. The molecule has 0 aliphatic heterocycles. The zero-order chi connectivity index (χ0) is 12.1. The second-order valence-corrected chi connectivity index (χ2v) is 5.52. The molecule has 1 rings (SSSR count). The summed E-state index contributed by atoms with van der Waals surface area (Å²) in [5.74, 6) is 0.636. The van der Waals surface area contributed by atoms with Crippen molar-refractivity contribution >= 4 is 6.03 Å². The van der Waals surface area contributed by atoms with Gasteiger partial charge in [0.05, 0.1) is 0 Å². The quantitative estimate of drug-likeness (QED) is 0.785. The summed E-state index contributed by atoms with van der Waals surface area (Å²) in [6.07, 6.45) is 5.89. The summed E-state index contributed by atoms with van der Waals surface area (Å²) >= 11 is 0. The SMILES string of the molecule is CC(C)CC(C)N(C)C(=O)NC1CCCC1. The van der Waals surface area contributed by atoms with Gasteiger partial charge in [0, 0.05) is 19.1 Å². The summed E-state index contributed by atoms with van der Waals surface area (Å²) in [5, 5.41) is 3.12. The molecule has 1 aliphatic rings. The molecule has 0 heterocycles. The Morgan fingerprint density at radius 3 is 2.38 bits per heavy atom. The summed E-state index contributed by atoms with van der Waals surface area (Å²) in [7, 11) is 1.90. The molecule has 0 aromatic carbocycles. The molecule has 1 aliphatic carbocycles. The number of carbonyl (C=O) groups excluding carboxylic acids is 1. The van der Waals surface area contributed by atoms with Crippen LogP contribution in [-0.2, 0) is 0 Å². The Morgan fingerprint density at radius 1 is 1.31 bits per heavy atom. The van der Waals surface area contributed by atoms with Crippen LogP contribution in [0.25, 0.3) is 0 Å². The highest BCUT2D eigenvalue weighted by atomic mass is 16.2. The van der Waals surface area contributed by atoms with Gasteiger partial charge >= 0.3 is 6.03 Å². The second kappa shape index (κ2) is 6.12. The normalized spacial score (nSPS) is 18.8. The number of hydrogen-bond donors (Lipinski definition) is 1. The average molecular weight is 226 g/mol. The van der Waals surface area contributed by atoms with Crippen LogP contribution in [0.5, 0.6) is 0 Å². The Hall–Kier alpha value is -0.730. The molecule has 0 radical (unpaired) electrons. The number of carbonyl (C=O) groups is 1. The first-order chi connectivity index (χ1) is 7.50. The maximum Gasteiger partial charge on any atom is 0.317 e. The molecule has 0 aromatic heterocycles. The third-order valence-corrected chi connectivity index (χ3v) is 3.48. The van der Waals surface area contributed by atoms with Gasteiger partial charge in [-0.25, -0.2) is 4.79 Å². The van der Waals surface area contributed by atoms with E-state index in [1.807, 2.05) is 11.9 Å². The molecule has 0 saturated heterocycles. The standard InChI is InChI=1S/C13H26N2O/c1-10(2)9-11(3)15(4)13(16)14-12-7-5-6-8-12/h10-12H,5-9H2,1-4H3,(H,14,16). The van der Waals surface area contributed by atoms with E-state index in [-0.39, 0.29) is 6.03 Å². The van der Waals surface area contributed by atoms with Gasteiger partial charge < -0.3 is 10.2 Å². The summed E-state index contributed by atoms with van der Waals surface area (Å²) in [6, 6.07) is 0.836. The van der Waals surface area contributed by atoms with Gasteiger partial charge in [-0.05, 0) is 32.1 Å². The zero-order valence-electron chi connectivity index (χ0n) is 11.1. The minimum Gasteiger partial charge on any atom is -0.335 e. The van der Waals surface area contributed by atoms with Crippen LogP contribution in [0.15, 0.2) is 0 Å². The molecule has 1 saturated carbocycles. The van der Waals surface area contributed by atoms with Gasteiger partial charge in [-0.3, -0.25) is 0 Å². The molecule has 2 amide bonds. The van der Waals surface area contributed by atoms with E-state index >= 15 is 0 Å². The number of nitrogens with zero attached hydrogens (tertiary/aromatic N) is 1. The summed E-state index contributed by atoms with van der Waals surface area (Å²) in [6.45, 7) is 6.51. The lowest BCUT2D eigenvalue weighted by Gasteiger charge is -2.28. The molecule has 0 aromatic rings. The maximum atomic E-state index is 11.9. The van der Waals surface area contributed by atoms with E-state index in [1.54, 1.807) is 0 Å². The molecule has 3 heteroatoms. The maximum absolute atomic E-state index is 11.9. The Balaban J connectivity index is 2.33. The van der Waals surface area contributed by atoms with Crippen LogP contribution < -0.4 is 5.32 Å². The van der Waals surface area contributed by atoms with Crippen molar-refractivity contribution in [3.63, 3.8) is 0 Å². The van der Waals surface area contributed by atoms with Crippen LogP contribution in [0, 0.1) is 5.92 Å². The van der Waals surface area contributed by atoms with E-state index < -0.39 is 0 Å². The molecule has 1 fully saturated rings. The van der Waals surface area contributed by atoms with Gasteiger partial charge in [0.2, 0.25) is 0 Å². The van der Waals surface area contributed by atoms with E-state index in [0.717, 1.165) is 19.3 Å². The van der Waals surface area contributed by atoms with Gasteiger partial charge in [0.25, 0.3) is 0 Å². The molecule has 1 N–H and O–H groups in total. The Kier molecular flexibility index (Phi) is 5.10. The number of nitrogens with one attached hydrogen (secondary N) is 1. The third kappa shape index (κ3) is 4.03. The lowest BCUT2D eigenvalue weighted by molar-refractivity contribution is 0.183. The Labute approximate surface area is 99.6 Å². The van der Waals surface area contributed by atoms with Crippen LogP contribution in [0.2, 0.25) is 0 Å². The van der Waals surface area contributed by atoms with Crippen molar-refractivity contribution in [3.05, 3.63) is 0 Å². The van der Waals surface area contributed by atoms with Gasteiger partial charge in [-0.2, -0.15) is 0 Å². The number of hydrogen-bond acceptors (Lipinski definition) is 1. The molecule has 16 heavy (non-hydrogen) atoms. The topological polar surface area (TPSA) is 32.3 Å². The lowest BCUT2D eigenvalue weighted by Crippen LogP contribution is -2.46. The van der Waals surface area contributed by atoms with Crippen LogP contribution >= 0.6 is 0 Å². The monoisotopic (exact) mass is 226 g/mol. The number of urea groups is 1. The first-order valence-electron chi connectivity index (χ1n) is 6.54. The summed E-state index contributed by atoms with van der Waals surface area (Å²) in [4.78, 5) is 13.8. The van der Waals surface area contributed by atoms with Crippen LogP contribution in [0.4, 0.5) is 4.79 Å². The largest absolute Gasteiger partial charge is 0.335 e. The summed E-state index contributed by atoms with van der Waals surface area (Å²) in [5.41, 5.74) is 0. The van der Waals surface area contributed by atoms with Crippen molar-refractivity contribution in [2.24, 2.45) is 5.92 Å². The van der Waals surface area contributed by atoms with E-state index in [2.05, 4.69) is 26.1 Å². The fourth-order valence-electron chi connectivity index (χ4n) is 2.39. The van der Waals surface area contributed by atoms with Crippen molar-refractivity contribution in [3.8, 4) is 0 Å². The molecular formula is C13H26N2O. The highest BCUT2D eigenvalue weighted by Gasteiger charge is 2.21. The first kappa shape index (κ1) is 13.3. The van der Waals surface area contributed by atoms with Crippen LogP contribution in [0.1, 0.15) is 52.9 Å². The average Bonchev–Trinajstić information content (AvgIpc) is 2.68. The Bertz CT molecular complexity index is 222. The van der Waals surface area contributed by atoms with E-state index in [4.69, 9.17) is 0 Å². The smallest absolute Gasteiger partial charge is 0.317 e. The zero-order valence-corrected chi connectivity index (χ0v) is 11.1. The van der Waals surface area contributed by atoms with E-state index in [9.17, 15) is 4.79 Å². The summed E-state index contributed by atoms with van der Waals surface area (Å²) < 4.78 is 0. The van der Waals surface area contributed by atoms with Gasteiger partial charge in [0.1, 0.15) is 0 Å². The molecule has 0 bridgehead atoms. The minimum atomic E-state index is 0.0973. The predicted octanol–water partition coefficient (Wildman–Crippen LogP) is 3.01. The van der Waals surface area contributed by atoms with Crippen LogP contribution in [0.3, 0.4) is 0 Å². The molecule has 0 spiro atoms. The molecule has 1 unspecified atom stereocenters. The Morgan fingerprint density at radius 2 is 1.88 bits per heavy atom. The van der Waals surface area contributed by atoms with Crippen molar-refractivity contribution in [1.82, 2.24) is 10.2 Å². The van der Waals surface area contributed by atoms with Gasteiger partial charge in [0.15, 0.2) is 0 Å².